The Labute approximate surface area is 172 Å². The first-order valence-electron chi connectivity index (χ1n) is 9.04. The van der Waals surface area contributed by atoms with Crippen molar-refractivity contribution in [2.75, 3.05) is 0 Å². The van der Waals surface area contributed by atoms with Gasteiger partial charge >= 0.3 is 0 Å². The van der Waals surface area contributed by atoms with E-state index in [1.54, 1.807) is 12.1 Å². The van der Waals surface area contributed by atoms with Gasteiger partial charge in [-0.05, 0) is 41.5 Å². The zero-order valence-corrected chi connectivity index (χ0v) is 16.1. The van der Waals surface area contributed by atoms with E-state index in [4.69, 9.17) is 11.6 Å². The average molecular weight is 405 g/mol. The number of nitro benzene ring substituents is 1. The average Bonchev–Trinajstić information content (AvgIpc) is 2.75. The van der Waals surface area contributed by atoms with Crippen LogP contribution in [-0.4, -0.2) is 9.93 Å². The number of nitrogens with zero attached hydrogens (tertiary/aromatic N) is 4. The highest BCUT2D eigenvalue weighted by Gasteiger charge is 2.23. The fourth-order valence-corrected chi connectivity index (χ4v) is 3.29. The van der Waals surface area contributed by atoms with Gasteiger partial charge in [0.2, 0.25) is 0 Å². The zero-order valence-electron chi connectivity index (χ0n) is 15.4. The van der Waals surface area contributed by atoms with Crippen LogP contribution in [-0.2, 0) is 6.54 Å². The van der Waals surface area contributed by atoms with Gasteiger partial charge in [0.1, 0.15) is 0 Å². The lowest BCUT2D eigenvalue weighted by Crippen LogP contribution is -2.24. The molecule has 1 heterocycles. The summed E-state index contributed by atoms with van der Waals surface area (Å²) in [6, 6.07) is 23.7. The molecule has 1 aliphatic rings. The van der Waals surface area contributed by atoms with E-state index in [1.165, 1.54) is 12.1 Å². The SMILES string of the molecule is O=[N+]([O-])c1ccc(C2C=C(c3ccc(Cl)cc3)N=NN2Cc2ccccc2)cc1. The first kappa shape index (κ1) is 18.8. The van der Waals surface area contributed by atoms with Crippen LogP contribution in [0.1, 0.15) is 22.7 Å². The number of non-ortho nitro benzene ring substituents is 1. The monoisotopic (exact) mass is 404 g/mol. The minimum Gasteiger partial charge on any atom is -0.263 e. The number of rotatable bonds is 5. The Hall–Kier alpha value is -3.51. The molecule has 0 radical (unpaired) electrons. The third-order valence-corrected chi connectivity index (χ3v) is 4.93. The van der Waals surface area contributed by atoms with Crippen LogP contribution < -0.4 is 0 Å². The van der Waals surface area contributed by atoms with Crippen LogP contribution in [0.2, 0.25) is 5.02 Å². The molecule has 0 aliphatic carbocycles. The third-order valence-electron chi connectivity index (χ3n) is 4.68. The van der Waals surface area contributed by atoms with Gasteiger partial charge in [0, 0.05) is 22.7 Å². The molecule has 0 spiro atoms. The number of nitro groups is 1. The second-order valence-corrected chi connectivity index (χ2v) is 7.06. The van der Waals surface area contributed by atoms with Crippen LogP contribution in [0, 0.1) is 10.1 Å². The molecular weight excluding hydrogens is 388 g/mol. The molecule has 29 heavy (non-hydrogen) atoms. The van der Waals surface area contributed by atoms with Gasteiger partial charge in [0.25, 0.3) is 5.69 Å². The van der Waals surface area contributed by atoms with Crippen LogP contribution in [0.4, 0.5) is 5.69 Å². The van der Waals surface area contributed by atoms with Crippen molar-refractivity contribution in [1.82, 2.24) is 5.01 Å². The van der Waals surface area contributed by atoms with Crippen LogP contribution in [0.5, 0.6) is 0 Å². The molecule has 7 heteroatoms. The Morgan fingerprint density at radius 2 is 1.66 bits per heavy atom. The van der Waals surface area contributed by atoms with Gasteiger partial charge < -0.3 is 0 Å². The Bertz CT molecular complexity index is 1060. The highest BCUT2D eigenvalue weighted by molar-refractivity contribution is 6.30. The zero-order chi connectivity index (χ0) is 20.2. The third kappa shape index (κ3) is 4.33. The molecule has 0 amide bonds. The molecule has 1 unspecified atom stereocenters. The van der Waals surface area contributed by atoms with Crippen LogP contribution >= 0.6 is 11.6 Å². The van der Waals surface area contributed by atoms with Gasteiger partial charge in [-0.3, -0.25) is 15.1 Å². The summed E-state index contributed by atoms with van der Waals surface area (Å²) in [7, 11) is 0. The minimum atomic E-state index is -0.402. The summed E-state index contributed by atoms with van der Waals surface area (Å²) in [5.74, 6) is 0. The van der Waals surface area contributed by atoms with Gasteiger partial charge in [-0.15, -0.1) is 5.11 Å². The fraction of sp³-hybridized carbons (Fsp3) is 0.0909. The predicted octanol–water partition coefficient (Wildman–Crippen LogP) is 6.21. The second-order valence-electron chi connectivity index (χ2n) is 6.62. The smallest absolute Gasteiger partial charge is 0.263 e. The summed E-state index contributed by atoms with van der Waals surface area (Å²) in [5.41, 5.74) is 3.69. The van der Waals surface area contributed by atoms with Crippen molar-refractivity contribution in [2.24, 2.45) is 10.3 Å². The predicted molar refractivity (Wildman–Crippen MR) is 112 cm³/mol. The lowest BCUT2D eigenvalue weighted by atomic mass is 10.0. The summed E-state index contributed by atoms with van der Waals surface area (Å²) in [6.07, 6.45) is 2.01. The van der Waals surface area contributed by atoms with Crippen LogP contribution in [0.3, 0.4) is 0 Å². The van der Waals surface area contributed by atoms with E-state index in [9.17, 15) is 10.1 Å². The second kappa shape index (κ2) is 8.24. The quantitative estimate of drug-likeness (QED) is 0.374. The number of halogens is 1. The summed E-state index contributed by atoms with van der Waals surface area (Å²) in [5, 5.41) is 22.4. The molecule has 3 aromatic rings. The molecule has 4 rings (SSSR count). The Kier molecular flexibility index (Phi) is 5.35. The van der Waals surface area contributed by atoms with Gasteiger partial charge in [0.05, 0.1) is 23.2 Å². The first-order valence-corrected chi connectivity index (χ1v) is 9.42. The largest absolute Gasteiger partial charge is 0.269 e. The molecule has 0 aromatic heterocycles. The number of hydrogen-bond acceptors (Lipinski definition) is 5. The first-order chi connectivity index (χ1) is 14.1. The maximum absolute atomic E-state index is 11.0. The van der Waals surface area contributed by atoms with Crippen molar-refractivity contribution >= 4 is 23.0 Å². The lowest BCUT2D eigenvalue weighted by Gasteiger charge is -2.29. The Morgan fingerprint density at radius 1 is 0.966 bits per heavy atom. The topological polar surface area (TPSA) is 71.1 Å². The normalized spacial score (nSPS) is 15.8. The number of benzene rings is 3. The van der Waals surface area contributed by atoms with Gasteiger partial charge in [-0.25, -0.2) is 0 Å². The fourth-order valence-electron chi connectivity index (χ4n) is 3.17. The van der Waals surface area contributed by atoms with Crippen molar-refractivity contribution in [3.63, 3.8) is 0 Å². The van der Waals surface area contributed by atoms with Crippen molar-refractivity contribution in [2.45, 2.75) is 12.6 Å². The molecule has 0 saturated carbocycles. The molecule has 1 aliphatic heterocycles. The Morgan fingerprint density at radius 3 is 2.31 bits per heavy atom. The molecule has 0 bridgehead atoms. The van der Waals surface area contributed by atoms with Crippen molar-refractivity contribution in [3.8, 4) is 0 Å². The van der Waals surface area contributed by atoms with Crippen molar-refractivity contribution in [1.29, 1.82) is 0 Å². The van der Waals surface area contributed by atoms with E-state index in [0.717, 1.165) is 22.4 Å². The summed E-state index contributed by atoms with van der Waals surface area (Å²) >= 11 is 5.99. The summed E-state index contributed by atoms with van der Waals surface area (Å²) in [6.45, 7) is 0.566. The van der Waals surface area contributed by atoms with Crippen molar-refractivity contribution in [3.05, 3.63) is 117 Å². The molecular formula is C22H17ClN4O2. The molecule has 144 valence electrons. The maximum Gasteiger partial charge on any atom is 0.269 e. The highest BCUT2D eigenvalue weighted by atomic mass is 35.5. The molecule has 1 atom stereocenters. The molecule has 0 fully saturated rings. The van der Waals surface area contributed by atoms with E-state index in [2.05, 4.69) is 10.3 Å². The maximum atomic E-state index is 11.0. The van der Waals surface area contributed by atoms with Crippen LogP contribution in [0.25, 0.3) is 5.70 Å². The molecule has 3 aromatic carbocycles. The van der Waals surface area contributed by atoms with E-state index in [-0.39, 0.29) is 11.7 Å². The number of hydrogen-bond donors (Lipinski definition) is 0. The van der Waals surface area contributed by atoms with E-state index >= 15 is 0 Å². The highest BCUT2D eigenvalue weighted by Crippen LogP contribution is 2.34. The molecule has 0 N–H and O–H groups in total. The van der Waals surface area contributed by atoms with Gasteiger partial charge in [0.15, 0.2) is 0 Å². The van der Waals surface area contributed by atoms with Crippen molar-refractivity contribution < 1.29 is 4.92 Å². The molecule has 6 nitrogen and oxygen atoms in total. The minimum absolute atomic E-state index is 0.0581. The summed E-state index contributed by atoms with van der Waals surface area (Å²) < 4.78 is 0. The standard InChI is InChI=1S/C22H17ClN4O2/c23-19-10-6-17(7-11-19)21-14-22(18-8-12-20(13-9-18)27(28)29)26(25-24-21)15-16-4-2-1-3-5-16/h1-14,22H,15H2. The Balaban J connectivity index is 1.69. The van der Waals surface area contributed by atoms with Gasteiger partial charge in [-0.2, -0.15) is 0 Å². The lowest BCUT2D eigenvalue weighted by molar-refractivity contribution is -0.384. The van der Waals surface area contributed by atoms with Gasteiger partial charge in [-0.1, -0.05) is 59.3 Å². The van der Waals surface area contributed by atoms with E-state index in [0.29, 0.717) is 11.6 Å². The van der Waals surface area contributed by atoms with E-state index < -0.39 is 4.92 Å². The molecule has 0 saturated heterocycles. The van der Waals surface area contributed by atoms with Crippen LogP contribution in [0.15, 0.2) is 95.3 Å². The summed E-state index contributed by atoms with van der Waals surface area (Å²) in [4.78, 5) is 10.6. The van der Waals surface area contributed by atoms with E-state index in [1.807, 2.05) is 65.7 Å².